The van der Waals surface area contributed by atoms with Gasteiger partial charge in [-0.05, 0) is 11.4 Å². The normalized spacial score (nSPS) is 10.7. The molecule has 3 rings (SSSR count). The molecule has 74 valence electrons. The first-order valence-corrected chi connectivity index (χ1v) is 5.14. The minimum Gasteiger partial charge on any atom is -0.258 e. The number of aromatic nitrogens is 6. The zero-order chi connectivity index (χ0) is 10.1. The number of rotatable bonds is 2. The number of nitrogens with one attached hydrogen (secondary N) is 2. The maximum Gasteiger partial charge on any atom is 0.203 e. The third-order valence-corrected chi connectivity index (χ3v) is 2.76. The monoisotopic (exact) mass is 218 g/mol. The van der Waals surface area contributed by atoms with E-state index in [-0.39, 0.29) is 0 Å². The van der Waals surface area contributed by atoms with Gasteiger partial charge in [-0.1, -0.05) is 6.07 Å². The van der Waals surface area contributed by atoms with Crippen LogP contribution in [0.5, 0.6) is 0 Å². The molecule has 15 heavy (non-hydrogen) atoms. The number of aromatic amines is 2. The van der Waals surface area contributed by atoms with Gasteiger partial charge in [0, 0.05) is 0 Å². The summed E-state index contributed by atoms with van der Waals surface area (Å²) >= 11 is 1.61. The summed E-state index contributed by atoms with van der Waals surface area (Å²) in [5.74, 6) is 1.30. The van der Waals surface area contributed by atoms with E-state index in [0.717, 1.165) is 10.7 Å². The van der Waals surface area contributed by atoms with E-state index in [0.29, 0.717) is 11.5 Å². The van der Waals surface area contributed by atoms with Crippen LogP contribution < -0.4 is 0 Å². The van der Waals surface area contributed by atoms with E-state index in [9.17, 15) is 0 Å². The summed E-state index contributed by atoms with van der Waals surface area (Å²) < 4.78 is 0. The van der Waals surface area contributed by atoms with Gasteiger partial charge >= 0.3 is 0 Å². The van der Waals surface area contributed by atoms with E-state index in [2.05, 4.69) is 30.6 Å². The number of hydrogen-bond acceptors (Lipinski definition) is 5. The van der Waals surface area contributed by atoms with Crippen LogP contribution in [0.4, 0.5) is 0 Å². The van der Waals surface area contributed by atoms with Crippen LogP contribution in [0.15, 0.2) is 23.7 Å². The van der Waals surface area contributed by atoms with Gasteiger partial charge in [0.25, 0.3) is 0 Å². The highest BCUT2D eigenvalue weighted by Gasteiger charge is 2.09. The van der Waals surface area contributed by atoms with Gasteiger partial charge in [0.1, 0.15) is 0 Å². The maximum absolute atomic E-state index is 4.32. The molecule has 0 bridgehead atoms. The second-order valence-electron chi connectivity index (χ2n) is 2.84. The highest BCUT2D eigenvalue weighted by atomic mass is 32.1. The summed E-state index contributed by atoms with van der Waals surface area (Å²) in [6.45, 7) is 0. The van der Waals surface area contributed by atoms with Gasteiger partial charge in [-0.15, -0.1) is 11.3 Å². The Balaban J connectivity index is 2.02. The lowest BCUT2D eigenvalue weighted by atomic mass is 10.4. The minimum absolute atomic E-state index is 0.548. The molecule has 0 saturated heterocycles. The lowest BCUT2D eigenvalue weighted by Gasteiger charge is -1.85. The first-order chi connectivity index (χ1) is 7.43. The Morgan fingerprint density at radius 1 is 1.27 bits per heavy atom. The molecule has 0 saturated carbocycles. The fourth-order valence-corrected chi connectivity index (χ4v) is 1.87. The van der Waals surface area contributed by atoms with Gasteiger partial charge in [0.15, 0.2) is 11.5 Å². The predicted octanol–water partition coefficient (Wildman–Crippen LogP) is 1.32. The lowest BCUT2D eigenvalue weighted by Crippen LogP contribution is -1.80. The first-order valence-electron chi connectivity index (χ1n) is 4.26. The molecule has 0 radical (unpaired) electrons. The van der Waals surface area contributed by atoms with Gasteiger partial charge < -0.3 is 0 Å². The summed E-state index contributed by atoms with van der Waals surface area (Å²) in [5.41, 5.74) is 0.633. The Bertz CT molecular complexity index is 489. The number of nitrogens with zero attached hydrogens (tertiary/aromatic N) is 4. The summed E-state index contributed by atoms with van der Waals surface area (Å²) in [5, 5.41) is 19.0. The van der Waals surface area contributed by atoms with E-state index >= 15 is 0 Å². The Hall–Kier alpha value is -2.02. The minimum atomic E-state index is 0.548. The van der Waals surface area contributed by atoms with Crippen molar-refractivity contribution in [3.8, 4) is 22.2 Å². The van der Waals surface area contributed by atoms with Crippen LogP contribution in [0.1, 0.15) is 0 Å². The Labute approximate surface area is 88.4 Å². The summed E-state index contributed by atoms with van der Waals surface area (Å²) in [7, 11) is 0. The molecule has 0 aromatic carbocycles. The molecule has 3 heterocycles. The van der Waals surface area contributed by atoms with E-state index in [4.69, 9.17) is 0 Å². The second-order valence-corrected chi connectivity index (χ2v) is 3.79. The molecular weight excluding hydrogens is 212 g/mol. The first kappa shape index (κ1) is 8.30. The third-order valence-electron chi connectivity index (χ3n) is 1.88. The number of thiophene rings is 1. The molecule has 0 amide bonds. The molecule has 3 aromatic rings. The zero-order valence-corrected chi connectivity index (χ0v) is 8.32. The molecule has 0 fully saturated rings. The van der Waals surface area contributed by atoms with Crippen molar-refractivity contribution in [1.29, 1.82) is 0 Å². The van der Waals surface area contributed by atoms with Crippen molar-refractivity contribution in [3.63, 3.8) is 0 Å². The summed E-state index contributed by atoms with van der Waals surface area (Å²) in [4.78, 5) is 5.37. The zero-order valence-electron chi connectivity index (χ0n) is 7.51. The van der Waals surface area contributed by atoms with Crippen molar-refractivity contribution in [2.24, 2.45) is 0 Å². The van der Waals surface area contributed by atoms with Crippen molar-refractivity contribution in [3.05, 3.63) is 23.7 Å². The predicted molar refractivity (Wildman–Crippen MR) is 55.1 cm³/mol. The van der Waals surface area contributed by atoms with Gasteiger partial charge in [-0.3, -0.25) is 5.10 Å². The van der Waals surface area contributed by atoms with Crippen molar-refractivity contribution in [2.75, 3.05) is 0 Å². The standard InChI is InChI=1S/C8H6N6S/c1-2-6(15-3-1)8-10-7(12-13-8)5-4-9-14-11-5/h1-4H,(H,9,11,14)(H,10,12,13). The van der Waals surface area contributed by atoms with Crippen molar-refractivity contribution >= 4 is 11.3 Å². The quantitative estimate of drug-likeness (QED) is 0.679. The summed E-state index contributed by atoms with van der Waals surface area (Å²) in [6.07, 6.45) is 1.58. The van der Waals surface area contributed by atoms with Crippen LogP contribution in [0.3, 0.4) is 0 Å². The fraction of sp³-hybridized carbons (Fsp3) is 0. The Morgan fingerprint density at radius 3 is 3.00 bits per heavy atom. The smallest absolute Gasteiger partial charge is 0.203 e. The molecule has 2 N–H and O–H groups in total. The number of hydrogen-bond donors (Lipinski definition) is 2. The van der Waals surface area contributed by atoms with Gasteiger partial charge in [-0.25, -0.2) is 4.98 Å². The van der Waals surface area contributed by atoms with E-state index < -0.39 is 0 Å². The van der Waals surface area contributed by atoms with Gasteiger partial charge in [0.2, 0.25) is 5.82 Å². The van der Waals surface area contributed by atoms with Crippen molar-refractivity contribution < 1.29 is 0 Å². The molecule has 0 spiro atoms. The highest BCUT2D eigenvalue weighted by Crippen LogP contribution is 2.22. The van der Waals surface area contributed by atoms with Crippen LogP contribution in [0, 0.1) is 0 Å². The lowest BCUT2D eigenvalue weighted by molar-refractivity contribution is 0.938. The second kappa shape index (κ2) is 3.28. The molecule has 6 nitrogen and oxygen atoms in total. The molecule has 0 aliphatic rings. The van der Waals surface area contributed by atoms with Crippen LogP contribution in [-0.4, -0.2) is 30.6 Å². The average molecular weight is 218 g/mol. The van der Waals surface area contributed by atoms with Crippen LogP contribution in [0.2, 0.25) is 0 Å². The van der Waals surface area contributed by atoms with Gasteiger partial charge in [0.05, 0.1) is 11.1 Å². The highest BCUT2D eigenvalue weighted by molar-refractivity contribution is 7.13. The molecule has 3 aromatic heterocycles. The Kier molecular flexibility index (Phi) is 1.82. The molecular formula is C8H6N6S. The largest absolute Gasteiger partial charge is 0.258 e. The maximum atomic E-state index is 4.32. The van der Waals surface area contributed by atoms with E-state index in [1.165, 1.54) is 0 Å². The molecule has 0 unspecified atom stereocenters. The molecule has 0 aliphatic heterocycles. The summed E-state index contributed by atoms with van der Waals surface area (Å²) in [6, 6.07) is 3.95. The topological polar surface area (TPSA) is 83.1 Å². The molecule has 0 atom stereocenters. The number of H-pyrrole nitrogens is 2. The van der Waals surface area contributed by atoms with Crippen LogP contribution in [-0.2, 0) is 0 Å². The molecule has 7 heteroatoms. The van der Waals surface area contributed by atoms with Crippen molar-refractivity contribution in [2.45, 2.75) is 0 Å². The Morgan fingerprint density at radius 2 is 2.27 bits per heavy atom. The van der Waals surface area contributed by atoms with Gasteiger partial charge in [-0.2, -0.15) is 20.5 Å². The third kappa shape index (κ3) is 1.42. The van der Waals surface area contributed by atoms with Crippen LogP contribution >= 0.6 is 11.3 Å². The van der Waals surface area contributed by atoms with Crippen molar-refractivity contribution in [1.82, 2.24) is 30.6 Å². The fourth-order valence-electron chi connectivity index (χ4n) is 1.21. The SMILES string of the molecule is c1csc(-c2nc(-c3cn[nH]n3)n[nH]2)c1. The molecule has 0 aliphatic carbocycles. The van der Waals surface area contributed by atoms with Crippen LogP contribution in [0.25, 0.3) is 22.2 Å². The average Bonchev–Trinajstić information content (AvgIpc) is 3.02. The van der Waals surface area contributed by atoms with E-state index in [1.54, 1.807) is 17.5 Å². The van der Waals surface area contributed by atoms with E-state index in [1.807, 2.05) is 17.5 Å².